The fraction of sp³-hybridized carbons (Fsp3) is 0.320. The first-order valence-corrected chi connectivity index (χ1v) is 10.9. The van der Waals surface area contributed by atoms with Gasteiger partial charge >= 0.3 is 6.18 Å². The topological polar surface area (TPSA) is 75.4 Å². The lowest BCUT2D eigenvalue weighted by atomic mass is 9.96. The van der Waals surface area contributed by atoms with Crippen molar-refractivity contribution in [2.24, 2.45) is 5.92 Å². The van der Waals surface area contributed by atoms with Gasteiger partial charge in [0, 0.05) is 38.1 Å². The van der Waals surface area contributed by atoms with E-state index in [9.17, 15) is 22.8 Å². The number of carbonyl (C=O) groups excluding carboxylic acids is 2. The number of aromatic nitrogens is 2. The lowest BCUT2D eigenvalue weighted by Crippen LogP contribution is -2.32. The standard InChI is InChI=1S/C25H24F3N3O3/c1-30-23-21(20(33)14-17(24(30)34)10-7-13-32)31(15-16-8-3-2-4-9-16)22(29-23)18-11-5-6-12-19(18)25(26,27)28/h2-6,8-9,11-12,17,32H,7,10,13-15H2,1H3/t17-/m1/s1. The summed E-state index contributed by atoms with van der Waals surface area (Å²) >= 11 is 0. The molecule has 1 N–H and O–H groups in total. The third kappa shape index (κ3) is 4.48. The van der Waals surface area contributed by atoms with E-state index in [0.717, 1.165) is 11.6 Å². The molecule has 3 aromatic rings. The summed E-state index contributed by atoms with van der Waals surface area (Å²) in [5.74, 6) is -1.32. The van der Waals surface area contributed by atoms with Crippen molar-refractivity contribution in [1.82, 2.24) is 9.55 Å². The Morgan fingerprint density at radius 3 is 2.41 bits per heavy atom. The molecule has 1 aromatic heterocycles. The van der Waals surface area contributed by atoms with Gasteiger partial charge in [0.05, 0.1) is 5.56 Å². The molecule has 1 aliphatic heterocycles. The smallest absolute Gasteiger partial charge is 0.396 e. The van der Waals surface area contributed by atoms with Gasteiger partial charge in [-0.25, -0.2) is 4.98 Å². The highest BCUT2D eigenvalue weighted by molar-refractivity contribution is 6.09. The maximum absolute atomic E-state index is 13.8. The molecule has 0 unspecified atom stereocenters. The van der Waals surface area contributed by atoms with Crippen LogP contribution in [0.25, 0.3) is 11.4 Å². The van der Waals surface area contributed by atoms with Crippen LogP contribution in [0.3, 0.4) is 0 Å². The van der Waals surface area contributed by atoms with Crippen molar-refractivity contribution in [3.05, 3.63) is 71.4 Å². The van der Waals surface area contributed by atoms with Gasteiger partial charge in [-0.3, -0.25) is 14.5 Å². The summed E-state index contributed by atoms with van der Waals surface area (Å²) in [6.07, 6.45) is -4.03. The fourth-order valence-corrected chi connectivity index (χ4v) is 4.35. The third-order valence-corrected chi connectivity index (χ3v) is 6.01. The van der Waals surface area contributed by atoms with Crippen molar-refractivity contribution >= 4 is 17.5 Å². The second-order valence-electron chi connectivity index (χ2n) is 8.31. The molecule has 2 heterocycles. The van der Waals surface area contributed by atoms with E-state index in [-0.39, 0.29) is 54.2 Å². The van der Waals surface area contributed by atoms with E-state index in [2.05, 4.69) is 4.98 Å². The SMILES string of the molecule is CN1C(=O)[C@H](CCCO)CC(=O)c2c1nc(-c1ccccc1C(F)(F)F)n2Cc1ccccc1. The molecule has 1 atom stereocenters. The number of amides is 1. The molecule has 9 heteroatoms. The summed E-state index contributed by atoms with van der Waals surface area (Å²) in [4.78, 5) is 32.1. The highest BCUT2D eigenvalue weighted by Crippen LogP contribution is 2.40. The molecule has 0 bridgehead atoms. The number of anilines is 1. The minimum atomic E-state index is -4.63. The Morgan fingerprint density at radius 2 is 1.74 bits per heavy atom. The van der Waals surface area contributed by atoms with Crippen LogP contribution in [-0.2, 0) is 17.5 Å². The van der Waals surface area contributed by atoms with Gasteiger partial charge in [-0.1, -0.05) is 48.5 Å². The van der Waals surface area contributed by atoms with Crippen LogP contribution in [0.4, 0.5) is 19.0 Å². The third-order valence-electron chi connectivity index (χ3n) is 6.01. The number of imidazole rings is 1. The van der Waals surface area contributed by atoms with Crippen LogP contribution in [0.1, 0.15) is 40.9 Å². The van der Waals surface area contributed by atoms with Crippen LogP contribution < -0.4 is 4.90 Å². The summed E-state index contributed by atoms with van der Waals surface area (Å²) in [7, 11) is 1.48. The Labute approximate surface area is 194 Å². The number of Topliss-reactive ketones (excluding diaryl/α,β-unsaturated/α-hetero) is 1. The minimum Gasteiger partial charge on any atom is -0.396 e. The lowest BCUT2D eigenvalue weighted by Gasteiger charge is -2.18. The minimum absolute atomic E-state index is 0.0245. The zero-order valence-electron chi connectivity index (χ0n) is 18.5. The first-order chi connectivity index (χ1) is 16.2. The van der Waals surface area contributed by atoms with Crippen molar-refractivity contribution in [3.63, 3.8) is 0 Å². The lowest BCUT2D eigenvalue weighted by molar-refractivity contribution is -0.137. The van der Waals surface area contributed by atoms with E-state index in [1.807, 2.05) is 18.2 Å². The molecule has 0 spiro atoms. The number of hydrogen-bond donors (Lipinski definition) is 1. The largest absolute Gasteiger partial charge is 0.417 e. The Bertz CT molecular complexity index is 1210. The van der Waals surface area contributed by atoms with Gasteiger partial charge in [0.2, 0.25) is 5.91 Å². The number of benzene rings is 2. The van der Waals surface area contributed by atoms with Gasteiger partial charge in [0.25, 0.3) is 0 Å². The predicted molar refractivity (Wildman–Crippen MR) is 120 cm³/mol. The number of nitrogens with zero attached hydrogens (tertiary/aromatic N) is 3. The number of carbonyl (C=O) groups is 2. The molecule has 34 heavy (non-hydrogen) atoms. The summed E-state index contributed by atoms with van der Waals surface area (Å²) in [6.45, 7) is 0.00522. The van der Waals surface area contributed by atoms with Gasteiger partial charge in [0.1, 0.15) is 11.5 Å². The molecule has 0 fully saturated rings. The van der Waals surface area contributed by atoms with E-state index in [1.165, 1.54) is 34.7 Å². The van der Waals surface area contributed by atoms with Crippen molar-refractivity contribution in [2.45, 2.75) is 32.0 Å². The molecule has 0 saturated heterocycles. The van der Waals surface area contributed by atoms with Crippen LogP contribution in [0.2, 0.25) is 0 Å². The zero-order valence-corrected chi connectivity index (χ0v) is 18.5. The van der Waals surface area contributed by atoms with Crippen LogP contribution in [0, 0.1) is 5.92 Å². The van der Waals surface area contributed by atoms with Crippen molar-refractivity contribution in [3.8, 4) is 11.4 Å². The molecular formula is C25H24F3N3O3. The quantitative estimate of drug-likeness (QED) is 0.572. The molecule has 1 aliphatic rings. The predicted octanol–water partition coefficient (Wildman–Crippen LogP) is 4.56. The molecule has 178 valence electrons. The zero-order chi connectivity index (χ0) is 24.5. The highest BCUT2D eigenvalue weighted by atomic mass is 19.4. The molecular weight excluding hydrogens is 447 g/mol. The van der Waals surface area contributed by atoms with Gasteiger partial charge in [-0.05, 0) is 24.5 Å². The number of alkyl halides is 3. The molecule has 6 nitrogen and oxygen atoms in total. The number of fused-ring (bicyclic) bond motifs is 1. The molecule has 0 aliphatic carbocycles. The normalized spacial score (nSPS) is 16.5. The van der Waals surface area contributed by atoms with Crippen LogP contribution in [0.5, 0.6) is 0 Å². The second kappa shape index (κ2) is 9.42. The Morgan fingerprint density at radius 1 is 1.06 bits per heavy atom. The number of hydrogen-bond acceptors (Lipinski definition) is 4. The van der Waals surface area contributed by atoms with E-state index >= 15 is 0 Å². The van der Waals surface area contributed by atoms with Gasteiger partial charge < -0.3 is 9.67 Å². The Balaban J connectivity index is 1.92. The van der Waals surface area contributed by atoms with E-state index in [4.69, 9.17) is 5.11 Å². The molecule has 0 saturated carbocycles. The number of ketones is 1. The summed E-state index contributed by atoms with van der Waals surface area (Å²) in [5, 5.41) is 9.16. The molecule has 2 aromatic carbocycles. The molecule has 1 amide bonds. The number of aliphatic hydroxyl groups is 1. The maximum Gasteiger partial charge on any atom is 0.417 e. The van der Waals surface area contributed by atoms with E-state index < -0.39 is 17.7 Å². The monoisotopic (exact) mass is 471 g/mol. The van der Waals surface area contributed by atoms with Crippen molar-refractivity contribution in [2.75, 3.05) is 18.6 Å². The second-order valence-corrected chi connectivity index (χ2v) is 8.31. The highest BCUT2D eigenvalue weighted by Gasteiger charge is 2.39. The Hall–Kier alpha value is -3.46. The molecule has 0 radical (unpaired) electrons. The van der Waals surface area contributed by atoms with Crippen molar-refractivity contribution < 1.29 is 27.9 Å². The van der Waals surface area contributed by atoms with Crippen LogP contribution in [-0.4, -0.2) is 40.0 Å². The maximum atomic E-state index is 13.8. The first-order valence-electron chi connectivity index (χ1n) is 10.9. The summed E-state index contributed by atoms with van der Waals surface area (Å²) in [6, 6.07) is 14.1. The van der Waals surface area contributed by atoms with Gasteiger partial charge in [-0.15, -0.1) is 0 Å². The van der Waals surface area contributed by atoms with Crippen LogP contribution >= 0.6 is 0 Å². The fourth-order valence-electron chi connectivity index (χ4n) is 4.35. The number of aliphatic hydroxyl groups excluding tert-OH is 1. The van der Waals surface area contributed by atoms with Gasteiger partial charge in [0.15, 0.2) is 11.6 Å². The molecule has 4 rings (SSSR count). The van der Waals surface area contributed by atoms with Gasteiger partial charge in [-0.2, -0.15) is 13.2 Å². The van der Waals surface area contributed by atoms with E-state index in [1.54, 1.807) is 12.1 Å². The average molecular weight is 471 g/mol. The first kappa shape index (κ1) is 23.7. The average Bonchev–Trinajstić information content (AvgIpc) is 3.16. The van der Waals surface area contributed by atoms with E-state index in [0.29, 0.717) is 12.8 Å². The Kier molecular flexibility index (Phi) is 6.56. The number of rotatable bonds is 6. The number of halogens is 3. The van der Waals surface area contributed by atoms with Crippen molar-refractivity contribution in [1.29, 1.82) is 0 Å². The summed E-state index contributed by atoms with van der Waals surface area (Å²) < 4.78 is 43.0. The summed E-state index contributed by atoms with van der Waals surface area (Å²) in [5.41, 5.74) is -0.148. The van der Waals surface area contributed by atoms with Crippen LogP contribution in [0.15, 0.2) is 54.6 Å².